The zero-order valence-electron chi connectivity index (χ0n) is 7.84. The van der Waals surface area contributed by atoms with Crippen LogP contribution >= 0.6 is 0 Å². The predicted molar refractivity (Wildman–Crippen MR) is 53.2 cm³/mol. The molecule has 2 heterocycles. The van der Waals surface area contributed by atoms with E-state index in [9.17, 15) is 4.79 Å². The maximum absolute atomic E-state index is 10.6. The number of pyridine rings is 1. The monoisotopic (exact) mass is 206 g/mol. The summed E-state index contributed by atoms with van der Waals surface area (Å²) in [6.45, 7) is 0. The van der Waals surface area contributed by atoms with Crippen LogP contribution in [0.5, 0.6) is 0 Å². The average Bonchev–Trinajstić information content (AvgIpc) is 2.64. The Bertz CT molecular complexity index is 494. The molecule has 15 heavy (non-hydrogen) atoms. The summed E-state index contributed by atoms with van der Waals surface area (Å²) in [6.07, 6.45) is 3.39. The Hall–Kier alpha value is -1.95. The van der Waals surface area contributed by atoms with Crippen LogP contribution in [0.4, 0.5) is 0 Å². The predicted octanol–water partition coefficient (Wildman–Crippen LogP) is -0.0877. The topological polar surface area (TPSA) is 105 Å². The minimum atomic E-state index is -1.01. The summed E-state index contributed by atoms with van der Waals surface area (Å²) in [6, 6.07) is 0.908. The van der Waals surface area contributed by atoms with Crippen molar-refractivity contribution in [2.45, 2.75) is 12.5 Å². The van der Waals surface area contributed by atoms with E-state index in [1.165, 1.54) is 0 Å². The van der Waals surface area contributed by atoms with Crippen LogP contribution in [0.3, 0.4) is 0 Å². The van der Waals surface area contributed by atoms with Crippen LogP contribution in [0.25, 0.3) is 11.2 Å². The summed E-state index contributed by atoms with van der Waals surface area (Å²) in [5.41, 5.74) is 7.59. The van der Waals surface area contributed by atoms with E-state index in [-0.39, 0.29) is 6.42 Å². The van der Waals surface area contributed by atoms with Gasteiger partial charge in [0.1, 0.15) is 6.04 Å². The molecule has 2 aromatic heterocycles. The number of rotatable bonds is 3. The molecule has 0 fully saturated rings. The Kier molecular flexibility index (Phi) is 2.34. The number of nitrogens with one attached hydrogen (secondary N) is 1. The third kappa shape index (κ3) is 1.94. The summed E-state index contributed by atoms with van der Waals surface area (Å²) >= 11 is 0. The first kappa shape index (κ1) is 9.60. The van der Waals surface area contributed by atoms with Gasteiger partial charge in [-0.25, -0.2) is 9.97 Å². The molecule has 0 aliphatic heterocycles. The number of carboxylic acids is 1. The molecule has 0 radical (unpaired) electrons. The number of fused-ring (bicyclic) bond motifs is 1. The molecule has 0 spiro atoms. The third-order valence-corrected chi connectivity index (χ3v) is 2.10. The van der Waals surface area contributed by atoms with Crippen molar-refractivity contribution in [3.8, 4) is 0 Å². The van der Waals surface area contributed by atoms with E-state index in [0.717, 1.165) is 11.1 Å². The van der Waals surface area contributed by atoms with Gasteiger partial charge in [0.05, 0.1) is 11.8 Å². The fraction of sp³-hybridized carbons (Fsp3) is 0.222. The number of carboxylic acid groups (broad SMARTS) is 1. The molecule has 2 rings (SSSR count). The van der Waals surface area contributed by atoms with Crippen molar-refractivity contribution in [3.63, 3.8) is 0 Å². The van der Waals surface area contributed by atoms with E-state index in [0.29, 0.717) is 5.65 Å². The first-order valence-corrected chi connectivity index (χ1v) is 4.43. The van der Waals surface area contributed by atoms with Gasteiger partial charge in [0, 0.05) is 6.20 Å². The molecule has 0 saturated carbocycles. The smallest absolute Gasteiger partial charge is 0.320 e. The van der Waals surface area contributed by atoms with Crippen LogP contribution in [0.1, 0.15) is 5.56 Å². The molecule has 0 saturated heterocycles. The molecular weight excluding hydrogens is 196 g/mol. The van der Waals surface area contributed by atoms with Crippen LogP contribution in [0.2, 0.25) is 0 Å². The van der Waals surface area contributed by atoms with Crippen molar-refractivity contribution in [2.24, 2.45) is 5.73 Å². The van der Waals surface area contributed by atoms with E-state index in [2.05, 4.69) is 15.0 Å². The Morgan fingerprint density at radius 2 is 2.40 bits per heavy atom. The number of carbonyl (C=O) groups is 1. The lowest BCUT2D eigenvalue weighted by Crippen LogP contribution is -2.32. The number of aromatic amines is 1. The molecule has 4 N–H and O–H groups in total. The Balaban J connectivity index is 2.24. The van der Waals surface area contributed by atoms with Crippen molar-refractivity contribution in [1.29, 1.82) is 0 Å². The second-order valence-electron chi connectivity index (χ2n) is 3.27. The zero-order valence-corrected chi connectivity index (χ0v) is 7.84. The molecule has 6 nitrogen and oxygen atoms in total. The molecular formula is C9H10N4O2. The number of H-pyrrole nitrogens is 1. The fourth-order valence-corrected chi connectivity index (χ4v) is 1.33. The molecule has 2 aromatic rings. The van der Waals surface area contributed by atoms with E-state index in [1.807, 2.05) is 0 Å². The SMILES string of the molecule is NC(Cc1cnc2nc[nH]c2c1)C(=O)O. The van der Waals surface area contributed by atoms with Gasteiger partial charge >= 0.3 is 5.97 Å². The van der Waals surface area contributed by atoms with Gasteiger partial charge in [-0.15, -0.1) is 0 Å². The molecule has 0 amide bonds. The number of nitrogens with two attached hydrogens (primary N) is 1. The van der Waals surface area contributed by atoms with E-state index in [4.69, 9.17) is 10.8 Å². The number of hydrogen-bond acceptors (Lipinski definition) is 4. The molecule has 1 atom stereocenters. The van der Waals surface area contributed by atoms with Crippen LogP contribution < -0.4 is 5.73 Å². The van der Waals surface area contributed by atoms with E-state index < -0.39 is 12.0 Å². The van der Waals surface area contributed by atoms with E-state index >= 15 is 0 Å². The van der Waals surface area contributed by atoms with Gasteiger partial charge in [0.15, 0.2) is 5.65 Å². The van der Waals surface area contributed by atoms with E-state index in [1.54, 1.807) is 18.6 Å². The Morgan fingerprint density at radius 1 is 1.60 bits per heavy atom. The highest BCUT2D eigenvalue weighted by molar-refractivity contribution is 5.74. The highest BCUT2D eigenvalue weighted by Gasteiger charge is 2.12. The maximum atomic E-state index is 10.6. The minimum absolute atomic E-state index is 0.261. The lowest BCUT2D eigenvalue weighted by Gasteiger charge is -2.05. The normalized spacial score (nSPS) is 12.9. The largest absolute Gasteiger partial charge is 0.480 e. The van der Waals surface area contributed by atoms with Crippen molar-refractivity contribution in [2.75, 3.05) is 0 Å². The highest BCUT2D eigenvalue weighted by Crippen LogP contribution is 2.09. The maximum Gasteiger partial charge on any atom is 0.320 e. The second-order valence-corrected chi connectivity index (χ2v) is 3.27. The third-order valence-electron chi connectivity index (χ3n) is 2.10. The Labute approximate surface area is 85.2 Å². The lowest BCUT2D eigenvalue weighted by atomic mass is 10.1. The first-order valence-electron chi connectivity index (χ1n) is 4.43. The molecule has 0 aliphatic carbocycles. The summed E-state index contributed by atoms with van der Waals surface area (Å²) in [7, 11) is 0. The average molecular weight is 206 g/mol. The van der Waals surface area contributed by atoms with Crippen molar-refractivity contribution in [1.82, 2.24) is 15.0 Å². The second kappa shape index (κ2) is 3.66. The van der Waals surface area contributed by atoms with Crippen molar-refractivity contribution >= 4 is 17.1 Å². The molecule has 1 unspecified atom stereocenters. The molecule has 78 valence electrons. The van der Waals surface area contributed by atoms with Crippen LogP contribution in [-0.4, -0.2) is 32.1 Å². The van der Waals surface area contributed by atoms with Crippen molar-refractivity contribution < 1.29 is 9.90 Å². The number of imidazole rings is 1. The highest BCUT2D eigenvalue weighted by atomic mass is 16.4. The van der Waals surface area contributed by atoms with Gasteiger partial charge < -0.3 is 15.8 Å². The van der Waals surface area contributed by atoms with Crippen LogP contribution in [0, 0.1) is 0 Å². The first-order chi connectivity index (χ1) is 7.16. The number of aromatic nitrogens is 3. The van der Waals surface area contributed by atoms with Crippen molar-refractivity contribution in [3.05, 3.63) is 24.2 Å². The molecule has 0 aromatic carbocycles. The quantitative estimate of drug-likeness (QED) is 0.651. The number of aliphatic carboxylic acids is 1. The molecule has 0 bridgehead atoms. The van der Waals surface area contributed by atoms with Gasteiger partial charge in [-0.1, -0.05) is 0 Å². The summed E-state index contributed by atoms with van der Waals surface area (Å²) in [5, 5.41) is 8.65. The van der Waals surface area contributed by atoms with Gasteiger partial charge in [0.25, 0.3) is 0 Å². The van der Waals surface area contributed by atoms with Gasteiger partial charge in [-0.05, 0) is 18.1 Å². The summed E-state index contributed by atoms with van der Waals surface area (Å²) in [4.78, 5) is 21.5. The Morgan fingerprint density at radius 3 is 3.13 bits per heavy atom. The fourth-order valence-electron chi connectivity index (χ4n) is 1.33. The van der Waals surface area contributed by atoms with Crippen LogP contribution in [0.15, 0.2) is 18.6 Å². The summed E-state index contributed by atoms with van der Waals surface area (Å²) in [5.74, 6) is -1.01. The summed E-state index contributed by atoms with van der Waals surface area (Å²) < 4.78 is 0. The zero-order chi connectivity index (χ0) is 10.8. The van der Waals surface area contributed by atoms with Gasteiger partial charge in [0.2, 0.25) is 0 Å². The molecule has 0 aliphatic rings. The van der Waals surface area contributed by atoms with Gasteiger partial charge in [-0.3, -0.25) is 4.79 Å². The number of nitrogens with zero attached hydrogens (tertiary/aromatic N) is 2. The van der Waals surface area contributed by atoms with Crippen LogP contribution in [-0.2, 0) is 11.2 Å². The number of hydrogen-bond donors (Lipinski definition) is 3. The van der Waals surface area contributed by atoms with Gasteiger partial charge in [-0.2, -0.15) is 0 Å². The minimum Gasteiger partial charge on any atom is -0.480 e. The lowest BCUT2D eigenvalue weighted by molar-refractivity contribution is -0.138. The molecule has 6 heteroatoms. The standard InChI is InChI=1S/C9H10N4O2/c10-6(9(14)15)1-5-2-7-8(11-3-5)13-4-12-7/h2-4,6H,1,10H2,(H,14,15)(H,11,12,13).